The highest BCUT2D eigenvalue weighted by molar-refractivity contribution is 6.20. The molecule has 2 aromatic carbocycles. The third-order valence-corrected chi connectivity index (χ3v) is 4.23. The minimum absolute atomic E-state index is 0.00901. The Balaban J connectivity index is 2.08. The van der Waals surface area contributed by atoms with Crippen molar-refractivity contribution in [3.63, 3.8) is 0 Å². The van der Waals surface area contributed by atoms with Crippen molar-refractivity contribution in [1.82, 2.24) is 4.98 Å². The van der Waals surface area contributed by atoms with Gasteiger partial charge < -0.3 is 19.2 Å². The van der Waals surface area contributed by atoms with Crippen LogP contribution in [0.2, 0.25) is 0 Å². The molecule has 0 aliphatic rings. The summed E-state index contributed by atoms with van der Waals surface area (Å²) < 4.78 is 15.9. The number of allylic oxidation sites excluding steroid dienone is 1. The summed E-state index contributed by atoms with van der Waals surface area (Å²) >= 11 is 0. The number of fused-ring (bicyclic) bond motifs is 1. The number of hydrogen-bond acceptors (Lipinski definition) is 5. The first kappa shape index (κ1) is 18.1. The fourth-order valence-corrected chi connectivity index (χ4v) is 2.89. The quantitative estimate of drug-likeness (QED) is 0.407. The topological polar surface area (TPSA) is 84.3 Å². The summed E-state index contributed by atoms with van der Waals surface area (Å²) in [5.41, 5.74) is 1.76. The number of hydrogen-bond donors (Lipinski definition) is 1. The van der Waals surface area contributed by atoms with Crippen molar-refractivity contribution in [3.8, 4) is 23.3 Å². The minimum atomic E-state index is -0.387. The van der Waals surface area contributed by atoms with Gasteiger partial charge in [-0.2, -0.15) is 5.26 Å². The predicted octanol–water partition coefficient (Wildman–Crippen LogP) is 3.98. The van der Waals surface area contributed by atoms with Crippen molar-refractivity contribution < 1.29 is 19.0 Å². The molecule has 0 saturated carbocycles. The maximum Gasteiger partial charge on any atom is 0.205 e. The van der Waals surface area contributed by atoms with Crippen LogP contribution in [-0.2, 0) is 0 Å². The molecular formula is C21H18N2O4. The lowest BCUT2D eigenvalue weighted by Gasteiger charge is -2.10. The van der Waals surface area contributed by atoms with E-state index in [0.29, 0.717) is 33.8 Å². The number of para-hydroxylation sites is 1. The summed E-state index contributed by atoms with van der Waals surface area (Å²) in [7, 11) is 4.60. The van der Waals surface area contributed by atoms with E-state index in [-0.39, 0.29) is 11.4 Å². The van der Waals surface area contributed by atoms with Crippen LogP contribution in [0.25, 0.3) is 17.0 Å². The lowest BCUT2D eigenvalue weighted by atomic mass is 10.0. The second-order valence-electron chi connectivity index (χ2n) is 5.70. The third-order valence-electron chi connectivity index (χ3n) is 4.23. The summed E-state index contributed by atoms with van der Waals surface area (Å²) in [6, 6.07) is 12.6. The molecule has 1 heterocycles. The smallest absolute Gasteiger partial charge is 0.205 e. The molecule has 0 amide bonds. The molecule has 0 spiro atoms. The van der Waals surface area contributed by atoms with Gasteiger partial charge in [0.05, 0.1) is 21.3 Å². The highest BCUT2D eigenvalue weighted by Crippen LogP contribution is 2.33. The van der Waals surface area contributed by atoms with E-state index in [1.807, 2.05) is 12.1 Å². The van der Waals surface area contributed by atoms with Crippen LogP contribution in [0.3, 0.4) is 0 Å². The van der Waals surface area contributed by atoms with E-state index in [0.717, 1.165) is 5.52 Å². The number of benzene rings is 2. The standard InChI is InChI=1S/C21H18N2O4/c1-25-15-7-8-18-16(10-15)17(12-23-18)20(24)14(11-22)9-13-5-4-6-19(26-2)21(13)27-3/h4-10,12,23H,1-3H3/b14-9-. The summed E-state index contributed by atoms with van der Waals surface area (Å²) in [5, 5.41) is 10.3. The average Bonchev–Trinajstić information content (AvgIpc) is 3.14. The van der Waals surface area contributed by atoms with E-state index in [2.05, 4.69) is 4.98 Å². The van der Waals surface area contributed by atoms with Crippen LogP contribution in [0.5, 0.6) is 17.2 Å². The van der Waals surface area contributed by atoms with Crippen LogP contribution < -0.4 is 14.2 Å². The Bertz CT molecular complexity index is 1070. The van der Waals surface area contributed by atoms with E-state index in [4.69, 9.17) is 14.2 Å². The number of H-pyrrole nitrogens is 1. The number of nitrogens with one attached hydrogen (secondary N) is 1. The zero-order chi connectivity index (χ0) is 19.4. The summed E-state index contributed by atoms with van der Waals surface area (Å²) in [6.07, 6.45) is 3.10. The Morgan fingerprint density at radius 1 is 1.11 bits per heavy atom. The van der Waals surface area contributed by atoms with Gasteiger partial charge in [-0.3, -0.25) is 4.79 Å². The molecule has 0 unspecified atom stereocenters. The maximum atomic E-state index is 13.0. The number of rotatable bonds is 6. The van der Waals surface area contributed by atoms with Gasteiger partial charge in [0.15, 0.2) is 11.5 Å². The van der Waals surface area contributed by atoms with Crippen LogP contribution in [0, 0.1) is 11.3 Å². The molecule has 3 aromatic rings. The SMILES string of the molecule is COc1ccc2[nH]cc(C(=O)/C(C#N)=C\c3cccc(OC)c3OC)c2c1. The molecule has 0 radical (unpaired) electrons. The number of carbonyl (C=O) groups excluding carboxylic acids is 1. The van der Waals surface area contributed by atoms with E-state index >= 15 is 0 Å². The molecular weight excluding hydrogens is 344 g/mol. The summed E-state index contributed by atoms with van der Waals surface area (Å²) in [5.74, 6) is 1.23. The van der Waals surface area contributed by atoms with Gasteiger partial charge in [0.25, 0.3) is 0 Å². The van der Waals surface area contributed by atoms with Crippen molar-refractivity contribution in [2.75, 3.05) is 21.3 Å². The monoisotopic (exact) mass is 362 g/mol. The Morgan fingerprint density at radius 2 is 1.93 bits per heavy atom. The van der Waals surface area contributed by atoms with Crippen molar-refractivity contribution in [2.24, 2.45) is 0 Å². The summed E-state index contributed by atoms with van der Waals surface area (Å²) in [4.78, 5) is 16.0. The molecule has 0 saturated heterocycles. The number of ether oxygens (including phenoxy) is 3. The van der Waals surface area contributed by atoms with Crippen LogP contribution in [-0.4, -0.2) is 32.1 Å². The molecule has 1 aromatic heterocycles. The number of nitrogens with zero attached hydrogens (tertiary/aromatic N) is 1. The van der Waals surface area contributed by atoms with Crippen LogP contribution >= 0.6 is 0 Å². The van der Waals surface area contributed by atoms with Crippen molar-refractivity contribution in [3.05, 3.63) is 59.3 Å². The average molecular weight is 362 g/mol. The van der Waals surface area contributed by atoms with Gasteiger partial charge in [0.1, 0.15) is 17.4 Å². The second kappa shape index (κ2) is 7.67. The van der Waals surface area contributed by atoms with Gasteiger partial charge >= 0.3 is 0 Å². The maximum absolute atomic E-state index is 13.0. The van der Waals surface area contributed by atoms with Crippen LogP contribution in [0.1, 0.15) is 15.9 Å². The Morgan fingerprint density at radius 3 is 2.59 bits per heavy atom. The Hall–Kier alpha value is -3.72. The molecule has 0 bridgehead atoms. The lowest BCUT2D eigenvalue weighted by molar-refractivity contribution is 0.104. The fourth-order valence-electron chi connectivity index (χ4n) is 2.89. The molecule has 0 aliphatic carbocycles. The molecule has 27 heavy (non-hydrogen) atoms. The van der Waals surface area contributed by atoms with Gasteiger partial charge in [0, 0.05) is 28.2 Å². The van der Waals surface area contributed by atoms with E-state index in [9.17, 15) is 10.1 Å². The van der Waals surface area contributed by atoms with E-state index in [1.54, 1.807) is 43.6 Å². The molecule has 1 N–H and O–H groups in total. The first-order chi connectivity index (χ1) is 13.1. The van der Waals surface area contributed by atoms with Crippen molar-refractivity contribution in [2.45, 2.75) is 0 Å². The number of nitriles is 1. The molecule has 136 valence electrons. The number of Topliss-reactive ketones (excluding diaryl/α,β-unsaturated/α-hetero) is 1. The summed E-state index contributed by atoms with van der Waals surface area (Å²) in [6.45, 7) is 0. The van der Waals surface area contributed by atoms with Gasteiger partial charge in [-0.05, 0) is 30.3 Å². The lowest BCUT2D eigenvalue weighted by Crippen LogP contribution is -2.02. The molecule has 0 aliphatic heterocycles. The first-order valence-electron chi connectivity index (χ1n) is 8.15. The van der Waals surface area contributed by atoms with Crippen molar-refractivity contribution >= 4 is 22.8 Å². The zero-order valence-electron chi connectivity index (χ0n) is 15.2. The number of carbonyl (C=O) groups is 1. The molecule has 6 nitrogen and oxygen atoms in total. The van der Waals surface area contributed by atoms with E-state index < -0.39 is 0 Å². The number of methoxy groups -OCH3 is 3. The highest BCUT2D eigenvalue weighted by Gasteiger charge is 2.18. The van der Waals surface area contributed by atoms with Gasteiger partial charge in [-0.1, -0.05) is 12.1 Å². The molecule has 0 atom stereocenters. The van der Waals surface area contributed by atoms with Crippen LogP contribution in [0.4, 0.5) is 0 Å². The normalized spacial score (nSPS) is 11.1. The third kappa shape index (κ3) is 3.35. The van der Waals surface area contributed by atoms with Crippen LogP contribution in [0.15, 0.2) is 48.2 Å². The Kier molecular flexibility index (Phi) is 5.13. The first-order valence-corrected chi connectivity index (χ1v) is 8.15. The largest absolute Gasteiger partial charge is 0.497 e. The van der Waals surface area contributed by atoms with Gasteiger partial charge in [-0.15, -0.1) is 0 Å². The van der Waals surface area contributed by atoms with E-state index in [1.165, 1.54) is 20.3 Å². The predicted molar refractivity (Wildman–Crippen MR) is 102 cm³/mol. The number of ketones is 1. The van der Waals surface area contributed by atoms with Crippen molar-refractivity contribution in [1.29, 1.82) is 5.26 Å². The van der Waals surface area contributed by atoms with Gasteiger partial charge in [-0.25, -0.2) is 0 Å². The zero-order valence-corrected chi connectivity index (χ0v) is 15.2. The Labute approximate surface area is 156 Å². The highest BCUT2D eigenvalue weighted by atomic mass is 16.5. The number of aromatic amines is 1. The number of aromatic nitrogens is 1. The molecule has 3 rings (SSSR count). The minimum Gasteiger partial charge on any atom is -0.497 e. The second-order valence-corrected chi connectivity index (χ2v) is 5.70. The fraction of sp³-hybridized carbons (Fsp3) is 0.143. The molecule has 6 heteroatoms. The molecule has 0 fully saturated rings. The van der Waals surface area contributed by atoms with Gasteiger partial charge in [0.2, 0.25) is 5.78 Å².